The van der Waals surface area contributed by atoms with Crippen molar-refractivity contribution in [3.63, 3.8) is 0 Å². The van der Waals surface area contributed by atoms with Gasteiger partial charge in [0.15, 0.2) is 0 Å². The lowest BCUT2D eigenvalue weighted by Crippen LogP contribution is -2.37. The van der Waals surface area contributed by atoms with Crippen molar-refractivity contribution in [2.45, 2.75) is 26.3 Å². The Balaban J connectivity index is 2.20. The minimum Gasteiger partial charge on any atom is -0.354 e. The number of hydrogen-bond acceptors (Lipinski definition) is 2. The molecule has 0 radical (unpaired) electrons. The highest BCUT2D eigenvalue weighted by atomic mass is 35.5. The van der Waals surface area contributed by atoms with Crippen LogP contribution in [0.25, 0.3) is 0 Å². The number of anilines is 1. The first-order chi connectivity index (χ1) is 9.40. The van der Waals surface area contributed by atoms with Crippen molar-refractivity contribution in [3.8, 4) is 0 Å². The summed E-state index contributed by atoms with van der Waals surface area (Å²) >= 11 is 12.2. The minimum absolute atomic E-state index is 0.0514. The Labute approximate surface area is 128 Å². The van der Waals surface area contributed by atoms with Gasteiger partial charge < -0.3 is 10.2 Å². The number of hydrogen-bond donors (Lipinski definition) is 1. The molecule has 1 aromatic rings. The van der Waals surface area contributed by atoms with Crippen molar-refractivity contribution in [2.75, 3.05) is 11.4 Å². The number of benzene rings is 1. The van der Waals surface area contributed by atoms with Crippen LogP contribution in [0.4, 0.5) is 5.69 Å². The number of carbonyl (C=O) groups is 2. The van der Waals surface area contributed by atoms with Crippen LogP contribution in [0.5, 0.6) is 0 Å². The van der Waals surface area contributed by atoms with Crippen molar-refractivity contribution in [3.05, 3.63) is 28.2 Å². The highest BCUT2D eigenvalue weighted by molar-refractivity contribution is 6.40. The lowest BCUT2D eigenvalue weighted by atomic mass is 10.1. The second-order valence-electron chi connectivity index (χ2n) is 5.14. The Morgan fingerprint density at radius 3 is 2.50 bits per heavy atom. The first kappa shape index (κ1) is 15.1. The van der Waals surface area contributed by atoms with Gasteiger partial charge in [0.25, 0.3) is 0 Å². The number of para-hydroxylation sites is 1. The maximum Gasteiger partial charge on any atom is 0.227 e. The van der Waals surface area contributed by atoms with E-state index in [4.69, 9.17) is 23.2 Å². The average molecular weight is 315 g/mol. The summed E-state index contributed by atoms with van der Waals surface area (Å²) in [6.45, 7) is 4.08. The predicted molar refractivity (Wildman–Crippen MR) is 80.2 cm³/mol. The number of amides is 2. The summed E-state index contributed by atoms with van der Waals surface area (Å²) in [4.78, 5) is 25.6. The monoisotopic (exact) mass is 314 g/mol. The van der Waals surface area contributed by atoms with Gasteiger partial charge in [-0.15, -0.1) is 0 Å². The maximum absolute atomic E-state index is 12.1. The lowest BCUT2D eigenvalue weighted by Gasteiger charge is -2.19. The Morgan fingerprint density at radius 2 is 1.95 bits per heavy atom. The van der Waals surface area contributed by atoms with Gasteiger partial charge in [-0.1, -0.05) is 29.3 Å². The summed E-state index contributed by atoms with van der Waals surface area (Å²) in [5, 5.41) is 3.65. The molecule has 0 spiro atoms. The fourth-order valence-corrected chi connectivity index (χ4v) is 2.85. The van der Waals surface area contributed by atoms with Gasteiger partial charge in [0.05, 0.1) is 21.7 Å². The summed E-state index contributed by atoms with van der Waals surface area (Å²) in [7, 11) is 0. The maximum atomic E-state index is 12.1. The summed E-state index contributed by atoms with van der Waals surface area (Å²) < 4.78 is 0. The van der Waals surface area contributed by atoms with Crippen molar-refractivity contribution >= 4 is 40.7 Å². The van der Waals surface area contributed by atoms with E-state index < -0.39 is 0 Å². The third-order valence-corrected chi connectivity index (χ3v) is 3.74. The van der Waals surface area contributed by atoms with Gasteiger partial charge in [-0.05, 0) is 26.0 Å². The molecule has 108 valence electrons. The van der Waals surface area contributed by atoms with Crippen LogP contribution in [0.3, 0.4) is 0 Å². The number of halogens is 2. The molecule has 2 amide bonds. The summed E-state index contributed by atoms with van der Waals surface area (Å²) in [6.07, 6.45) is 0.181. The van der Waals surface area contributed by atoms with Gasteiger partial charge in [0, 0.05) is 19.0 Å². The number of nitrogens with zero attached hydrogens (tertiary/aromatic N) is 1. The molecule has 4 nitrogen and oxygen atoms in total. The molecule has 6 heteroatoms. The second kappa shape index (κ2) is 6.02. The highest BCUT2D eigenvalue weighted by Gasteiger charge is 2.36. The van der Waals surface area contributed by atoms with Crippen LogP contribution in [0.2, 0.25) is 10.0 Å². The van der Waals surface area contributed by atoms with Gasteiger partial charge >= 0.3 is 0 Å². The molecule has 1 fully saturated rings. The van der Waals surface area contributed by atoms with Crippen LogP contribution in [-0.2, 0) is 9.59 Å². The fourth-order valence-electron chi connectivity index (χ4n) is 2.25. The Bertz CT molecular complexity index is 526. The molecule has 1 aliphatic rings. The molecule has 1 saturated heterocycles. The highest BCUT2D eigenvalue weighted by Crippen LogP contribution is 2.37. The second-order valence-corrected chi connectivity index (χ2v) is 5.95. The number of rotatable bonds is 3. The molecule has 2 rings (SSSR count). The molecule has 1 unspecified atom stereocenters. The standard InChI is InChI=1S/C14H16Cl2N2O2/c1-8(2)17-14(20)9-6-12(19)18(7-9)13-10(15)4-3-5-11(13)16/h3-5,8-9H,6-7H2,1-2H3,(H,17,20). The summed E-state index contributed by atoms with van der Waals surface area (Å²) in [5.41, 5.74) is 0.487. The minimum atomic E-state index is -0.364. The summed E-state index contributed by atoms with van der Waals surface area (Å²) in [5.74, 6) is -0.611. The molecular formula is C14H16Cl2N2O2. The van der Waals surface area contributed by atoms with E-state index in [9.17, 15) is 9.59 Å². The molecule has 1 N–H and O–H groups in total. The van der Waals surface area contributed by atoms with Gasteiger partial charge in [-0.3, -0.25) is 9.59 Å². The molecule has 0 aromatic heterocycles. The molecule has 1 atom stereocenters. The van der Waals surface area contributed by atoms with E-state index in [1.54, 1.807) is 18.2 Å². The largest absolute Gasteiger partial charge is 0.354 e. The van der Waals surface area contributed by atoms with Crippen LogP contribution >= 0.6 is 23.2 Å². The first-order valence-corrected chi connectivity index (χ1v) is 7.20. The van der Waals surface area contributed by atoms with Crippen molar-refractivity contribution < 1.29 is 9.59 Å². The lowest BCUT2D eigenvalue weighted by molar-refractivity contribution is -0.126. The molecule has 1 heterocycles. The van der Waals surface area contributed by atoms with Gasteiger partial charge in [0.2, 0.25) is 11.8 Å². The zero-order chi connectivity index (χ0) is 14.9. The average Bonchev–Trinajstić information content (AvgIpc) is 2.71. The molecular weight excluding hydrogens is 299 g/mol. The zero-order valence-corrected chi connectivity index (χ0v) is 12.8. The molecule has 20 heavy (non-hydrogen) atoms. The van der Waals surface area contributed by atoms with Crippen LogP contribution in [0.1, 0.15) is 20.3 Å². The van der Waals surface area contributed by atoms with Crippen LogP contribution in [-0.4, -0.2) is 24.4 Å². The van der Waals surface area contributed by atoms with Crippen molar-refractivity contribution in [1.82, 2.24) is 5.32 Å². The third-order valence-electron chi connectivity index (χ3n) is 3.13. The van der Waals surface area contributed by atoms with Gasteiger partial charge in [-0.2, -0.15) is 0 Å². The Hall–Kier alpha value is -1.26. The van der Waals surface area contributed by atoms with Crippen molar-refractivity contribution in [1.29, 1.82) is 0 Å². The van der Waals surface area contributed by atoms with Crippen LogP contribution < -0.4 is 10.2 Å². The SMILES string of the molecule is CC(C)NC(=O)C1CC(=O)N(c2c(Cl)cccc2Cl)C1. The Kier molecular flexibility index (Phi) is 4.55. The fraction of sp³-hybridized carbons (Fsp3) is 0.429. The molecule has 0 aliphatic carbocycles. The third kappa shape index (κ3) is 3.07. The van der Waals surface area contributed by atoms with E-state index in [1.807, 2.05) is 13.8 Å². The molecule has 0 bridgehead atoms. The van der Waals surface area contributed by atoms with E-state index in [1.165, 1.54) is 4.90 Å². The molecule has 0 saturated carbocycles. The molecule has 1 aliphatic heterocycles. The van der Waals surface area contributed by atoms with E-state index in [-0.39, 0.29) is 30.2 Å². The number of carbonyl (C=O) groups excluding carboxylic acids is 2. The van der Waals surface area contributed by atoms with Gasteiger partial charge in [0.1, 0.15) is 0 Å². The first-order valence-electron chi connectivity index (χ1n) is 6.45. The zero-order valence-electron chi connectivity index (χ0n) is 11.3. The summed E-state index contributed by atoms with van der Waals surface area (Å²) in [6, 6.07) is 5.13. The Morgan fingerprint density at radius 1 is 1.35 bits per heavy atom. The predicted octanol–water partition coefficient (Wildman–Crippen LogP) is 2.87. The quantitative estimate of drug-likeness (QED) is 0.932. The van der Waals surface area contributed by atoms with Crippen LogP contribution in [0.15, 0.2) is 18.2 Å². The normalized spacial score (nSPS) is 18.8. The van der Waals surface area contributed by atoms with Crippen molar-refractivity contribution in [2.24, 2.45) is 5.92 Å². The van der Waals surface area contributed by atoms with E-state index in [2.05, 4.69) is 5.32 Å². The van der Waals surface area contributed by atoms with E-state index in [0.29, 0.717) is 22.3 Å². The topological polar surface area (TPSA) is 49.4 Å². The van der Waals surface area contributed by atoms with E-state index >= 15 is 0 Å². The van der Waals surface area contributed by atoms with Gasteiger partial charge in [-0.25, -0.2) is 0 Å². The molecule has 1 aromatic carbocycles. The van der Waals surface area contributed by atoms with E-state index in [0.717, 1.165) is 0 Å². The number of nitrogens with one attached hydrogen (secondary N) is 1. The van der Waals surface area contributed by atoms with Crippen LogP contribution in [0, 0.1) is 5.92 Å². The smallest absolute Gasteiger partial charge is 0.227 e.